The Bertz CT molecular complexity index is 1210. The fourth-order valence-corrected chi connectivity index (χ4v) is 4.23. The molecule has 14 heteroatoms. The number of aromatic amines is 1. The molecule has 0 radical (unpaired) electrons. The van der Waals surface area contributed by atoms with Crippen LogP contribution >= 0.6 is 23.5 Å². The van der Waals surface area contributed by atoms with E-state index >= 15 is 0 Å². The maximum absolute atomic E-state index is 12.3. The SMILES string of the molecule is NCCCN1C(=O)SC(=Cc2ccc(Sc3nc4ccccc4[nH]3)o2)C1=O.O=C(O)C(F)(F)F. The first-order valence-electron chi connectivity index (χ1n) is 9.56. The number of benzene rings is 1. The molecule has 0 atom stereocenters. The summed E-state index contributed by atoms with van der Waals surface area (Å²) in [6.07, 6.45) is -2.90. The van der Waals surface area contributed by atoms with Crippen molar-refractivity contribution >= 4 is 57.7 Å². The van der Waals surface area contributed by atoms with Gasteiger partial charge in [0.05, 0.1) is 15.9 Å². The van der Waals surface area contributed by atoms with Crippen molar-refractivity contribution in [3.63, 3.8) is 0 Å². The van der Waals surface area contributed by atoms with E-state index in [0.717, 1.165) is 28.0 Å². The first-order chi connectivity index (χ1) is 16.1. The molecule has 180 valence electrons. The van der Waals surface area contributed by atoms with Gasteiger partial charge in [0.25, 0.3) is 11.1 Å². The molecule has 1 aliphatic rings. The Balaban J connectivity index is 0.000000406. The number of furan rings is 1. The second-order valence-electron chi connectivity index (χ2n) is 6.60. The third-order valence-electron chi connectivity index (χ3n) is 4.14. The summed E-state index contributed by atoms with van der Waals surface area (Å²) in [4.78, 5) is 42.5. The summed E-state index contributed by atoms with van der Waals surface area (Å²) < 4.78 is 37.5. The molecule has 0 saturated carbocycles. The van der Waals surface area contributed by atoms with Crippen LogP contribution in [0.2, 0.25) is 0 Å². The molecular formula is C20H17F3N4O5S2. The van der Waals surface area contributed by atoms with Gasteiger partial charge >= 0.3 is 12.1 Å². The van der Waals surface area contributed by atoms with Crippen LogP contribution in [0.25, 0.3) is 17.1 Å². The number of halogens is 3. The molecule has 3 aromatic rings. The van der Waals surface area contributed by atoms with Gasteiger partial charge in [-0.3, -0.25) is 14.5 Å². The number of H-pyrrole nitrogens is 1. The number of carboxylic acid groups (broad SMARTS) is 1. The number of alkyl halides is 3. The monoisotopic (exact) mass is 514 g/mol. The van der Waals surface area contributed by atoms with Crippen molar-refractivity contribution in [3.05, 3.63) is 47.1 Å². The standard InChI is InChI=1S/C18H16N4O3S2.C2HF3O2/c19-8-3-9-22-16(23)14(26-18(22)24)10-11-6-7-15(25-11)27-17-20-12-4-1-2-5-13(12)21-17;3-2(4,5)1(6)7/h1-2,4-7,10H,3,8-9,19H2,(H,20,21);(H,6,7). The number of imide groups is 1. The van der Waals surface area contributed by atoms with Gasteiger partial charge in [0.2, 0.25) is 0 Å². The lowest BCUT2D eigenvalue weighted by Gasteiger charge is -2.10. The number of nitrogens with zero attached hydrogens (tertiary/aromatic N) is 2. The zero-order valence-electron chi connectivity index (χ0n) is 17.2. The lowest BCUT2D eigenvalue weighted by molar-refractivity contribution is -0.192. The summed E-state index contributed by atoms with van der Waals surface area (Å²) in [5, 5.41) is 8.21. The predicted octanol–water partition coefficient (Wildman–Crippen LogP) is 4.33. The summed E-state index contributed by atoms with van der Waals surface area (Å²) in [6.45, 7) is 0.769. The molecule has 0 aliphatic carbocycles. The van der Waals surface area contributed by atoms with Crippen molar-refractivity contribution in [3.8, 4) is 0 Å². The van der Waals surface area contributed by atoms with E-state index in [1.54, 1.807) is 12.1 Å². The Kier molecular flexibility index (Phi) is 8.06. The van der Waals surface area contributed by atoms with Gasteiger partial charge in [0, 0.05) is 12.6 Å². The maximum Gasteiger partial charge on any atom is 0.490 e. The van der Waals surface area contributed by atoms with Gasteiger partial charge in [-0.25, -0.2) is 9.78 Å². The van der Waals surface area contributed by atoms with Crippen molar-refractivity contribution < 1.29 is 37.1 Å². The number of amides is 2. The summed E-state index contributed by atoms with van der Waals surface area (Å²) in [5.41, 5.74) is 7.29. The number of carbonyl (C=O) groups excluding carboxylic acids is 2. The third kappa shape index (κ3) is 6.42. The van der Waals surface area contributed by atoms with Crippen LogP contribution in [0.4, 0.5) is 18.0 Å². The van der Waals surface area contributed by atoms with Gasteiger partial charge in [-0.15, -0.1) is 0 Å². The van der Waals surface area contributed by atoms with Crippen LogP contribution in [0, 0.1) is 0 Å². The lowest BCUT2D eigenvalue weighted by atomic mass is 10.3. The molecule has 4 N–H and O–H groups in total. The Labute approximate surface area is 198 Å². The lowest BCUT2D eigenvalue weighted by Crippen LogP contribution is -2.30. The van der Waals surface area contributed by atoms with Gasteiger partial charge in [-0.1, -0.05) is 12.1 Å². The number of fused-ring (bicyclic) bond motifs is 1. The highest BCUT2D eigenvalue weighted by molar-refractivity contribution is 8.18. The fraction of sp³-hybridized carbons (Fsp3) is 0.200. The molecule has 2 aromatic heterocycles. The molecule has 34 heavy (non-hydrogen) atoms. The second-order valence-corrected chi connectivity index (χ2v) is 8.58. The quantitative estimate of drug-likeness (QED) is 0.410. The Hall–Kier alpha value is -3.23. The van der Waals surface area contributed by atoms with Crippen LogP contribution in [0.5, 0.6) is 0 Å². The van der Waals surface area contributed by atoms with Crippen LogP contribution in [-0.2, 0) is 9.59 Å². The van der Waals surface area contributed by atoms with Gasteiger partial charge in [-0.05, 0) is 60.8 Å². The van der Waals surface area contributed by atoms with E-state index in [2.05, 4.69) is 9.97 Å². The van der Waals surface area contributed by atoms with Crippen LogP contribution in [0.1, 0.15) is 12.2 Å². The van der Waals surface area contributed by atoms with Gasteiger partial charge in [-0.2, -0.15) is 13.2 Å². The molecule has 0 unspecified atom stereocenters. The molecule has 1 saturated heterocycles. The van der Waals surface area contributed by atoms with Crippen LogP contribution < -0.4 is 5.73 Å². The molecular weight excluding hydrogens is 497 g/mol. The number of nitrogens with two attached hydrogens (primary N) is 1. The number of carboxylic acids is 1. The number of nitrogens with one attached hydrogen (secondary N) is 1. The molecule has 0 bridgehead atoms. The van der Waals surface area contributed by atoms with Crippen LogP contribution in [-0.4, -0.2) is 56.4 Å². The van der Waals surface area contributed by atoms with Crippen molar-refractivity contribution in [2.75, 3.05) is 13.1 Å². The average molecular weight is 515 g/mol. The Morgan fingerprint density at radius 1 is 1.26 bits per heavy atom. The van der Waals surface area contributed by atoms with Gasteiger partial charge in [0.15, 0.2) is 10.2 Å². The number of para-hydroxylation sites is 2. The number of hydrogen-bond acceptors (Lipinski definition) is 8. The first-order valence-corrected chi connectivity index (χ1v) is 11.2. The zero-order chi connectivity index (χ0) is 24.9. The van der Waals surface area contributed by atoms with Crippen molar-refractivity contribution in [1.29, 1.82) is 0 Å². The predicted molar refractivity (Wildman–Crippen MR) is 119 cm³/mol. The Morgan fingerprint density at radius 3 is 2.62 bits per heavy atom. The number of imidazole rings is 1. The van der Waals surface area contributed by atoms with Gasteiger partial charge in [0.1, 0.15) is 5.76 Å². The van der Waals surface area contributed by atoms with Crippen molar-refractivity contribution in [1.82, 2.24) is 14.9 Å². The van der Waals surface area contributed by atoms with E-state index in [-0.39, 0.29) is 11.1 Å². The highest BCUT2D eigenvalue weighted by Crippen LogP contribution is 2.34. The minimum atomic E-state index is -5.08. The largest absolute Gasteiger partial charge is 0.490 e. The number of rotatable bonds is 6. The smallest absolute Gasteiger partial charge is 0.475 e. The summed E-state index contributed by atoms with van der Waals surface area (Å²) in [6, 6.07) is 11.3. The van der Waals surface area contributed by atoms with E-state index in [9.17, 15) is 22.8 Å². The Morgan fingerprint density at radius 2 is 1.97 bits per heavy atom. The number of hydrogen-bond donors (Lipinski definition) is 3. The van der Waals surface area contributed by atoms with E-state index in [1.165, 1.54) is 16.7 Å². The molecule has 9 nitrogen and oxygen atoms in total. The molecule has 3 heterocycles. The van der Waals surface area contributed by atoms with Crippen molar-refractivity contribution in [2.45, 2.75) is 22.8 Å². The molecule has 2 amide bonds. The number of carbonyl (C=O) groups is 3. The van der Waals surface area contributed by atoms with E-state index in [0.29, 0.717) is 35.3 Å². The highest BCUT2D eigenvalue weighted by atomic mass is 32.2. The minimum absolute atomic E-state index is 0.275. The van der Waals surface area contributed by atoms with Crippen LogP contribution in [0.3, 0.4) is 0 Å². The molecule has 1 aromatic carbocycles. The zero-order valence-corrected chi connectivity index (χ0v) is 18.8. The summed E-state index contributed by atoms with van der Waals surface area (Å²) in [7, 11) is 0. The normalized spacial score (nSPS) is 15.2. The average Bonchev–Trinajstić information content (AvgIpc) is 3.45. The molecule has 0 spiro atoms. The first kappa shape index (κ1) is 25.4. The summed E-state index contributed by atoms with van der Waals surface area (Å²) >= 11 is 2.28. The minimum Gasteiger partial charge on any atom is -0.475 e. The van der Waals surface area contributed by atoms with E-state index in [4.69, 9.17) is 20.1 Å². The van der Waals surface area contributed by atoms with Crippen LogP contribution in [0.15, 0.2) is 56.0 Å². The van der Waals surface area contributed by atoms with Crippen molar-refractivity contribution in [2.24, 2.45) is 5.73 Å². The summed E-state index contributed by atoms with van der Waals surface area (Å²) in [5.74, 6) is -2.55. The topological polar surface area (TPSA) is 143 Å². The van der Waals surface area contributed by atoms with E-state index in [1.807, 2.05) is 30.3 Å². The third-order valence-corrected chi connectivity index (χ3v) is 5.86. The number of aromatic nitrogens is 2. The fourth-order valence-electron chi connectivity index (χ4n) is 2.61. The number of thioether (sulfide) groups is 1. The maximum atomic E-state index is 12.3. The molecule has 1 fully saturated rings. The van der Waals surface area contributed by atoms with E-state index < -0.39 is 12.1 Å². The molecule has 4 rings (SSSR count). The second kappa shape index (κ2) is 10.8. The molecule has 1 aliphatic heterocycles. The highest BCUT2D eigenvalue weighted by Gasteiger charge is 2.38. The van der Waals surface area contributed by atoms with Gasteiger partial charge < -0.3 is 20.2 Å². The number of aliphatic carboxylic acids is 1.